The summed E-state index contributed by atoms with van der Waals surface area (Å²) in [5.41, 5.74) is 0. The van der Waals surface area contributed by atoms with E-state index < -0.39 is 0 Å². The van der Waals surface area contributed by atoms with Crippen LogP contribution in [0.4, 0.5) is 0 Å². The topological polar surface area (TPSA) is 29.9 Å². The molecule has 0 bridgehead atoms. The minimum Gasteiger partial charge on any atom is -0.334 e. The normalized spacial score (nSPS) is 12.9. The Balaban J connectivity index is 2.17. The van der Waals surface area contributed by atoms with Crippen LogP contribution in [0, 0.1) is 0 Å². The molecule has 0 amide bonds. The van der Waals surface area contributed by atoms with Gasteiger partial charge >= 0.3 is 0 Å². The van der Waals surface area contributed by atoms with Gasteiger partial charge in [-0.25, -0.2) is 4.98 Å². The maximum absolute atomic E-state index is 4.37. The number of unbranched alkanes of at least 4 members (excludes halogenated alkanes) is 3. The highest BCUT2D eigenvalue weighted by molar-refractivity contribution is 4.91. The van der Waals surface area contributed by atoms with Crippen molar-refractivity contribution in [2.75, 3.05) is 0 Å². The van der Waals surface area contributed by atoms with Crippen molar-refractivity contribution in [3.05, 3.63) is 18.2 Å². The van der Waals surface area contributed by atoms with E-state index in [0.717, 1.165) is 18.9 Å². The first kappa shape index (κ1) is 14.2. The van der Waals surface area contributed by atoms with Gasteiger partial charge in [0.15, 0.2) is 0 Å². The van der Waals surface area contributed by atoms with Crippen molar-refractivity contribution in [2.45, 2.75) is 72.0 Å². The number of nitrogens with one attached hydrogen (secondary N) is 1. The van der Waals surface area contributed by atoms with E-state index in [0.29, 0.717) is 6.04 Å². The standard InChI is InChI=1S/C14H27N3/c1-4-6-7-8-9-13(3)16-12-14-15-10-11-17(14)5-2/h10-11,13,16H,4-9,12H2,1-3H3. The lowest BCUT2D eigenvalue weighted by Crippen LogP contribution is -2.26. The number of nitrogens with zero attached hydrogens (tertiary/aromatic N) is 2. The molecule has 1 aromatic rings. The second-order valence-corrected chi connectivity index (χ2v) is 4.76. The Labute approximate surface area is 106 Å². The summed E-state index contributed by atoms with van der Waals surface area (Å²) in [7, 11) is 0. The van der Waals surface area contributed by atoms with Crippen LogP contribution in [-0.2, 0) is 13.1 Å². The molecule has 1 rings (SSSR count). The quantitative estimate of drug-likeness (QED) is 0.667. The van der Waals surface area contributed by atoms with Gasteiger partial charge in [-0.15, -0.1) is 0 Å². The Bertz CT molecular complexity index is 293. The summed E-state index contributed by atoms with van der Waals surface area (Å²) in [4.78, 5) is 4.37. The number of rotatable bonds is 9. The second-order valence-electron chi connectivity index (χ2n) is 4.76. The first-order chi connectivity index (χ1) is 8.27. The zero-order valence-electron chi connectivity index (χ0n) is 11.6. The molecule has 98 valence electrons. The molecule has 0 aliphatic carbocycles. The third kappa shape index (κ3) is 5.35. The predicted molar refractivity (Wildman–Crippen MR) is 73.0 cm³/mol. The molecule has 0 aromatic carbocycles. The van der Waals surface area contributed by atoms with Gasteiger partial charge in [0.2, 0.25) is 0 Å². The first-order valence-electron chi connectivity index (χ1n) is 7.01. The Kier molecular flexibility index (Phi) is 6.94. The van der Waals surface area contributed by atoms with Gasteiger partial charge in [-0.05, 0) is 20.3 Å². The number of aromatic nitrogens is 2. The highest BCUT2D eigenvalue weighted by atomic mass is 15.1. The maximum atomic E-state index is 4.37. The Hall–Kier alpha value is -0.830. The molecule has 1 unspecified atom stereocenters. The molecule has 17 heavy (non-hydrogen) atoms. The highest BCUT2D eigenvalue weighted by Crippen LogP contribution is 2.06. The Morgan fingerprint density at radius 1 is 1.29 bits per heavy atom. The van der Waals surface area contributed by atoms with Gasteiger partial charge in [-0.2, -0.15) is 0 Å². The average molecular weight is 237 g/mol. The monoisotopic (exact) mass is 237 g/mol. The zero-order chi connectivity index (χ0) is 12.5. The molecule has 1 N–H and O–H groups in total. The fourth-order valence-electron chi connectivity index (χ4n) is 2.04. The van der Waals surface area contributed by atoms with Crippen molar-refractivity contribution in [1.82, 2.24) is 14.9 Å². The SMILES string of the molecule is CCCCCCC(C)NCc1nccn1CC. The third-order valence-electron chi connectivity index (χ3n) is 3.24. The predicted octanol–water partition coefficient (Wildman–Crippen LogP) is 3.35. The van der Waals surface area contributed by atoms with E-state index >= 15 is 0 Å². The average Bonchev–Trinajstić information content (AvgIpc) is 2.79. The first-order valence-corrected chi connectivity index (χ1v) is 7.01. The molecule has 0 spiro atoms. The van der Waals surface area contributed by atoms with E-state index in [-0.39, 0.29) is 0 Å². The zero-order valence-corrected chi connectivity index (χ0v) is 11.6. The second kappa shape index (κ2) is 8.29. The fraction of sp³-hybridized carbons (Fsp3) is 0.786. The van der Waals surface area contributed by atoms with E-state index in [1.54, 1.807) is 0 Å². The van der Waals surface area contributed by atoms with E-state index in [2.05, 4.69) is 35.6 Å². The van der Waals surface area contributed by atoms with Gasteiger partial charge < -0.3 is 9.88 Å². The summed E-state index contributed by atoms with van der Waals surface area (Å²) >= 11 is 0. The van der Waals surface area contributed by atoms with Gasteiger partial charge in [-0.3, -0.25) is 0 Å². The summed E-state index contributed by atoms with van der Waals surface area (Å²) < 4.78 is 2.19. The van der Waals surface area contributed by atoms with Gasteiger partial charge in [0.25, 0.3) is 0 Å². The third-order valence-corrected chi connectivity index (χ3v) is 3.24. The van der Waals surface area contributed by atoms with E-state index in [9.17, 15) is 0 Å². The molecule has 3 heteroatoms. The molecule has 0 fully saturated rings. The van der Waals surface area contributed by atoms with Crippen molar-refractivity contribution >= 4 is 0 Å². The molecule has 0 saturated carbocycles. The van der Waals surface area contributed by atoms with Crippen LogP contribution in [0.2, 0.25) is 0 Å². The maximum Gasteiger partial charge on any atom is 0.122 e. The van der Waals surface area contributed by atoms with Crippen LogP contribution in [0.3, 0.4) is 0 Å². The summed E-state index contributed by atoms with van der Waals surface area (Å²) in [6.07, 6.45) is 10.6. The van der Waals surface area contributed by atoms with Crippen molar-refractivity contribution in [1.29, 1.82) is 0 Å². The lowest BCUT2D eigenvalue weighted by molar-refractivity contribution is 0.469. The fourth-order valence-corrected chi connectivity index (χ4v) is 2.04. The molecule has 3 nitrogen and oxygen atoms in total. The van der Waals surface area contributed by atoms with Gasteiger partial charge in [0, 0.05) is 25.0 Å². The van der Waals surface area contributed by atoms with Gasteiger partial charge in [0.1, 0.15) is 5.82 Å². The van der Waals surface area contributed by atoms with Crippen LogP contribution in [-0.4, -0.2) is 15.6 Å². The van der Waals surface area contributed by atoms with Crippen LogP contribution < -0.4 is 5.32 Å². The van der Waals surface area contributed by atoms with Crippen molar-refractivity contribution in [3.8, 4) is 0 Å². The number of aryl methyl sites for hydroxylation is 1. The van der Waals surface area contributed by atoms with Crippen LogP contribution in [0.15, 0.2) is 12.4 Å². The minimum atomic E-state index is 0.592. The summed E-state index contributed by atoms with van der Waals surface area (Å²) in [6.45, 7) is 8.56. The molecular formula is C14H27N3. The van der Waals surface area contributed by atoms with Crippen molar-refractivity contribution in [3.63, 3.8) is 0 Å². The summed E-state index contributed by atoms with van der Waals surface area (Å²) in [6, 6.07) is 0.592. The molecule has 1 atom stereocenters. The van der Waals surface area contributed by atoms with Crippen LogP contribution in [0.5, 0.6) is 0 Å². The molecule has 0 radical (unpaired) electrons. The van der Waals surface area contributed by atoms with Crippen LogP contribution in [0.1, 0.15) is 58.7 Å². The number of hydrogen-bond acceptors (Lipinski definition) is 2. The molecule has 1 heterocycles. The lowest BCUT2D eigenvalue weighted by atomic mass is 10.1. The smallest absolute Gasteiger partial charge is 0.122 e. The Morgan fingerprint density at radius 3 is 2.82 bits per heavy atom. The molecule has 1 aromatic heterocycles. The van der Waals surface area contributed by atoms with Gasteiger partial charge in [0.05, 0.1) is 6.54 Å². The largest absolute Gasteiger partial charge is 0.334 e. The number of imidazole rings is 1. The van der Waals surface area contributed by atoms with E-state index in [4.69, 9.17) is 0 Å². The van der Waals surface area contributed by atoms with E-state index in [1.165, 1.54) is 32.1 Å². The molecular weight excluding hydrogens is 210 g/mol. The number of hydrogen-bond donors (Lipinski definition) is 1. The van der Waals surface area contributed by atoms with E-state index in [1.807, 2.05) is 12.4 Å². The molecule has 0 aliphatic heterocycles. The summed E-state index contributed by atoms with van der Waals surface area (Å²) in [5, 5.41) is 3.55. The molecule has 0 aliphatic rings. The summed E-state index contributed by atoms with van der Waals surface area (Å²) in [5.74, 6) is 1.15. The van der Waals surface area contributed by atoms with Gasteiger partial charge in [-0.1, -0.05) is 32.6 Å². The van der Waals surface area contributed by atoms with Crippen molar-refractivity contribution in [2.24, 2.45) is 0 Å². The minimum absolute atomic E-state index is 0.592. The van der Waals surface area contributed by atoms with Crippen LogP contribution in [0.25, 0.3) is 0 Å². The van der Waals surface area contributed by atoms with Crippen molar-refractivity contribution < 1.29 is 0 Å². The lowest BCUT2D eigenvalue weighted by Gasteiger charge is -2.13. The molecule has 0 saturated heterocycles. The van der Waals surface area contributed by atoms with Crippen LogP contribution >= 0.6 is 0 Å². The highest BCUT2D eigenvalue weighted by Gasteiger charge is 2.04. The Morgan fingerprint density at radius 2 is 2.12 bits per heavy atom.